The molecule has 3 nitrogen and oxygen atoms in total. The van der Waals surface area contributed by atoms with Gasteiger partial charge < -0.3 is 9.64 Å². The van der Waals surface area contributed by atoms with E-state index in [2.05, 4.69) is 0 Å². The number of alkyl halides is 1. The minimum absolute atomic E-state index is 0.173. The van der Waals surface area contributed by atoms with Crippen LogP contribution in [0.1, 0.15) is 13.3 Å². The standard InChI is InChI=1S/C9H12FNO2/c1-9(10)5-11(6-9)8(12)7-3-2-4-13-7/h3H,2,4-6H2,1H3. The van der Waals surface area contributed by atoms with Gasteiger partial charge in [0.25, 0.3) is 5.91 Å². The van der Waals surface area contributed by atoms with Crippen LogP contribution in [-0.4, -0.2) is 36.2 Å². The van der Waals surface area contributed by atoms with Crippen LogP contribution >= 0.6 is 0 Å². The van der Waals surface area contributed by atoms with Gasteiger partial charge in [0.2, 0.25) is 0 Å². The summed E-state index contributed by atoms with van der Waals surface area (Å²) in [6.45, 7) is 2.45. The van der Waals surface area contributed by atoms with Crippen molar-refractivity contribution in [2.24, 2.45) is 0 Å². The van der Waals surface area contributed by atoms with E-state index in [-0.39, 0.29) is 19.0 Å². The van der Waals surface area contributed by atoms with Gasteiger partial charge in [-0.25, -0.2) is 4.39 Å². The van der Waals surface area contributed by atoms with E-state index < -0.39 is 5.67 Å². The van der Waals surface area contributed by atoms with Crippen LogP contribution in [0.5, 0.6) is 0 Å². The number of carbonyl (C=O) groups excluding carboxylic acids is 1. The molecule has 0 aliphatic carbocycles. The second kappa shape index (κ2) is 2.72. The molecular formula is C9H12FNO2. The summed E-state index contributed by atoms with van der Waals surface area (Å²) in [5, 5.41) is 0. The molecular weight excluding hydrogens is 173 g/mol. The maximum Gasteiger partial charge on any atom is 0.288 e. The first-order chi connectivity index (χ1) is 6.08. The number of amides is 1. The third-order valence-electron chi connectivity index (χ3n) is 2.24. The van der Waals surface area contributed by atoms with Gasteiger partial charge in [-0.05, 0) is 13.0 Å². The third-order valence-corrected chi connectivity index (χ3v) is 2.24. The molecule has 1 amide bonds. The van der Waals surface area contributed by atoms with E-state index in [1.54, 1.807) is 6.08 Å². The highest BCUT2D eigenvalue weighted by molar-refractivity contribution is 5.92. The van der Waals surface area contributed by atoms with Crippen molar-refractivity contribution in [1.82, 2.24) is 4.90 Å². The highest BCUT2D eigenvalue weighted by Gasteiger charge is 2.42. The van der Waals surface area contributed by atoms with Crippen molar-refractivity contribution in [3.8, 4) is 0 Å². The van der Waals surface area contributed by atoms with Gasteiger partial charge in [0, 0.05) is 6.42 Å². The topological polar surface area (TPSA) is 29.5 Å². The van der Waals surface area contributed by atoms with Gasteiger partial charge in [-0.15, -0.1) is 0 Å². The van der Waals surface area contributed by atoms with Gasteiger partial charge in [-0.3, -0.25) is 4.79 Å². The zero-order valence-corrected chi connectivity index (χ0v) is 7.55. The first kappa shape index (κ1) is 8.53. The molecule has 0 unspecified atom stereocenters. The monoisotopic (exact) mass is 185 g/mol. The van der Waals surface area contributed by atoms with Gasteiger partial charge in [0.05, 0.1) is 19.7 Å². The summed E-state index contributed by atoms with van der Waals surface area (Å²) in [5.74, 6) is 0.211. The fourth-order valence-electron chi connectivity index (χ4n) is 1.62. The highest BCUT2D eigenvalue weighted by atomic mass is 19.1. The van der Waals surface area contributed by atoms with Crippen LogP contribution in [0.3, 0.4) is 0 Å². The number of halogens is 1. The molecule has 0 aromatic rings. The molecule has 4 heteroatoms. The van der Waals surface area contributed by atoms with Crippen molar-refractivity contribution in [2.45, 2.75) is 19.0 Å². The lowest BCUT2D eigenvalue weighted by Crippen LogP contribution is -2.59. The molecule has 0 bridgehead atoms. The van der Waals surface area contributed by atoms with Crippen LogP contribution in [0.4, 0.5) is 4.39 Å². The van der Waals surface area contributed by atoms with Gasteiger partial charge in [0.15, 0.2) is 5.76 Å². The van der Waals surface area contributed by atoms with Crippen LogP contribution < -0.4 is 0 Å². The molecule has 2 heterocycles. The van der Waals surface area contributed by atoms with Crippen LogP contribution in [0.15, 0.2) is 11.8 Å². The third kappa shape index (κ3) is 1.53. The van der Waals surface area contributed by atoms with E-state index in [0.717, 1.165) is 6.42 Å². The van der Waals surface area contributed by atoms with Crippen molar-refractivity contribution in [3.05, 3.63) is 11.8 Å². The molecule has 13 heavy (non-hydrogen) atoms. The molecule has 0 aromatic carbocycles. The van der Waals surface area contributed by atoms with Crippen molar-refractivity contribution >= 4 is 5.91 Å². The Morgan fingerprint density at radius 3 is 2.85 bits per heavy atom. The molecule has 0 radical (unpaired) electrons. The Morgan fingerprint density at radius 2 is 2.38 bits per heavy atom. The molecule has 2 aliphatic rings. The van der Waals surface area contributed by atoms with Crippen LogP contribution in [-0.2, 0) is 9.53 Å². The molecule has 2 aliphatic heterocycles. The zero-order chi connectivity index (χ0) is 9.47. The summed E-state index contributed by atoms with van der Waals surface area (Å²) in [6, 6.07) is 0. The average Bonchev–Trinajstić information content (AvgIpc) is 2.50. The molecule has 2 rings (SSSR count). The molecule has 0 aromatic heterocycles. The molecule has 0 spiro atoms. The van der Waals surface area contributed by atoms with E-state index in [1.807, 2.05) is 0 Å². The number of hydrogen-bond donors (Lipinski definition) is 0. The number of likely N-dealkylation sites (tertiary alicyclic amines) is 1. The van der Waals surface area contributed by atoms with E-state index >= 15 is 0 Å². The maximum absolute atomic E-state index is 13.0. The first-order valence-electron chi connectivity index (χ1n) is 4.40. The summed E-state index contributed by atoms with van der Waals surface area (Å²) in [7, 11) is 0. The lowest BCUT2D eigenvalue weighted by Gasteiger charge is -2.41. The summed E-state index contributed by atoms with van der Waals surface area (Å²) < 4.78 is 18.1. The second-order valence-corrected chi connectivity index (χ2v) is 3.78. The molecule has 0 saturated carbocycles. The normalized spacial score (nSPS) is 24.8. The largest absolute Gasteiger partial charge is 0.488 e. The second-order valence-electron chi connectivity index (χ2n) is 3.78. The number of ether oxygens (including phenoxy) is 1. The Kier molecular flexibility index (Phi) is 1.78. The van der Waals surface area contributed by atoms with E-state index in [4.69, 9.17) is 4.74 Å². The quantitative estimate of drug-likeness (QED) is 0.606. The summed E-state index contributed by atoms with van der Waals surface area (Å²) in [5.41, 5.74) is -1.20. The van der Waals surface area contributed by atoms with Gasteiger partial charge >= 0.3 is 0 Å². The molecule has 0 atom stereocenters. The zero-order valence-electron chi connectivity index (χ0n) is 7.55. The minimum atomic E-state index is -1.20. The van der Waals surface area contributed by atoms with Gasteiger partial charge in [-0.2, -0.15) is 0 Å². The summed E-state index contributed by atoms with van der Waals surface area (Å²) in [4.78, 5) is 13.0. The fraction of sp³-hybridized carbons (Fsp3) is 0.667. The number of nitrogens with zero attached hydrogens (tertiary/aromatic N) is 1. The highest BCUT2D eigenvalue weighted by Crippen LogP contribution is 2.26. The lowest BCUT2D eigenvalue weighted by atomic mass is 9.99. The SMILES string of the molecule is CC1(F)CN(C(=O)C2=CCCO2)C1. The van der Waals surface area contributed by atoms with Crippen LogP contribution in [0.2, 0.25) is 0 Å². The Morgan fingerprint density at radius 1 is 1.69 bits per heavy atom. The predicted molar refractivity (Wildman–Crippen MR) is 44.7 cm³/mol. The number of carbonyl (C=O) groups is 1. The maximum atomic E-state index is 13.0. The fourth-order valence-corrected chi connectivity index (χ4v) is 1.62. The van der Waals surface area contributed by atoms with Crippen molar-refractivity contribution in [2.75, 3.05) is 19.7 Å². The molecule has 1 fully saturated rings. The number of hydrogen-bond acceptors (Lipinski definition) is 2. The van der Waals surface area contributed by atoms with Crippen molar-refractivity contribution in [3.63, 3.8) is 0 Å². The predicted octanol–water partition coefficient (Wildman–Crippen LogP) is 0.861. The lowest BCUT2D eigenvalue weighted by molar-refractivity contribution is -0.143. The van der Waals surface area contributed by atoms with Crippen molar-refractivity contribution in [1.29, 1.82) is 0 Å². The first-order valence-corrected chi connectivity index (χ1v) is 4.40. The Labute approximate surface area is 76.2 Å². The van der Waals surface area contributed by atoms with Gasteiger partial charge in [-0.1, -0.05) is 0 Å². The summed E-state index contributed by atoms with van der Waals surface area (Å²) in [6.07, 6.45) is 2.54. The Balaban J connectivity index is 1.93. The van der Waals surface area contributed by atoms with Gasteiger partial charge in [0.1, 0.15) is 5.67 Å². The van der Waals surface area contributed by atoms with Crippen LogP contribution in [0, 0.1) is 0 Å². The molecule has 72 valence electrons. The Bertz CT molecular complexity index is 265. The van der Waals surface area contributed by atoms with E-state index in [1.165, 1.54) is 11.8 Å². The number of rotatable bonds is 1. The molecule has 0 N–H and O–H groups in total. The minimum Gasteiger partial charge on any atom is -0.488 e. The van der Waals surface area contributed by atoms with E-state index in [9.17, 15) is 9.18 Å². The molecule has 1 saturated heterocycles. The van der Waals surface area contributed by atoms with E-state index in [0.29, 0.717) is 12.4 Å². The summed E-state index contributed by atoms with van der Waals surface area (Å²) >= 11 is 0. The van der Waals surface area contributed by atoms with Crippen LogP contribution in [0.25, 0.3) is 0 Å². The Hall–Kier alpha value is -1.06. The average molecular weight is 185 g/mol. The smallest absolute Gasteiger partial charge is 0.288 e. The van der Waals surface area contributed by atoms with Crippen molar-refractivity contribution < 1.29 is 13.9 Å².